The van der Waals surface area contributed by atoms with Gasteiger partial charge in [0, 0.05) is 57.9 Å². The standard InChI is InChI=1S/C30H36N4O7S/c1-4-5-14-33-24-9-7-6-8-23(24)30(29(33)38)25(26(35)21-10-12-22(13-11-21)42(39,40)31(2)3)27(36)28(37)34(30)16-15-32-17-19-41-20-18-32/h6-13,35H,4-5,14-20H2,1-3H3. The van der Waals surface area contributed by atoms with E-state index in [9.17, 15) is 27.9 Å². The Hall–Kier alpha value is -3.58. The highest BCUT2D eigenvalue weighted by Gasteiger charge is 2.67. The lowest BCUT2D eigenvalue weighted by atomic mass is 9.82. The summed E-state index contributed by atoms with van der Waals surface area (Å²) in [5.74, 6) is -2.82. The number of benzene rings is 2. The first-order chi connectivity index (χ1) is 20.1. The summed E-state index contributed by atoms with van der Waals surface area (Å²) < 4.78 is 31.7. The van der Waals surface area contributed by atoms with Crippen LogP contribution in [0.25, 0.3) is 5.76 Å². The van der Waals surface area contributed by atoms with Crippen molar-refractivity contribution in [2.45, 2.75) is 30.2 Å². The van der Waals surface area contributed by atoms with Crippen molar-refractivity contribution in [1.82, 2.24) is 14.1 Å². The maximum atomic E-state index is 14.6. The summed E-state index contributed by atoms with van der Waals surface area (Å²) in [6, 6.07) is 12.5. The van der Waals surface area contributed by atoms with Crippen LogP contribution < -0.4 is 4.90 Å². The van der Waals surface area contributed by atoms with Crippen molar-refractivity contribution in [3.8, 4) is 0 Å². The number of ether oxygens (including phenoxy) is 1. The van der Waals surface area contributed by atoms with Gasteiger partial charge in [-0.15, -0.1) is 0 Å². The van der Waals surface area contributed by atoms with Crippen molar-refractivity contribution in [2.24, 2.45) is 0 Å². The quantitative estimate of drug-likeness (QED) is 0.265. The van der Waals surface area contributed by atoms with E-state index in [1.54, 1.807) is 29.2 Å². The average molecular weight is 597 g/mol. The van der Waals surface area contributed by atoms with Crippen LogP contribution in [0.5, 0.6) is 0 Å². The van der Waals surface area contributed by atoms with Gasteiger partial charge >= 0.3 is 0 Å². The van der Waals surface area contributed by atoms with E-state index in [0.29, 0.717) is 57.1 Å². The number of fused-ring (bicyclic) bond motifs is 2. The first-order valence-corrected chi connectivity index (χ1v) is 15.5. The number of nitrogens with zero attached hydrogens (tertiary/aromatic N) is 4. The number of unbranched alkanes of at least 4 members (excludes halogenated alkanes) is 1. The molecule has 1 spiro atoms. The summed E-state index contributed by atoms with van der Waals surface area (Å²) in [4.78, 5) is 47.2. The SMILES string of the molecule is CCCCN1C(=O)C2(C(=C(O)c3ccc(S(=O)(=O)N(C)C)cc3)C(=O)C(=O)N2CCN2CCOCC2)c2ccccc21. The van der Waals surface area contributed by atoms with Crippen molar-refractivity contribution in [2.75, 3.05) is 64.9 Å². The fourth-order valence-corrected chi connectivity index (χ4v) is 6.81. The number of carbonyl (C=O) groups is 3. The number of hydrogen-bond acceptors (Lipinski definition) is 8. The molecule has 2 fully saturated rings. The van der Waals surface area contributed by atoms with Crippen molar-refractivity contribution >= 4 is 39.1 Å². The topological polar surface area (TPSA) is 128 Å². The molecule has 1 N–H and O–H groups in total. The number of hydrogen-bond donors (Lipinski definition) is 1. The number of ketones is 1. The maximum absolute atomic E-state index is 14.6. The van der Waals surface area contributed by atoms with Crippen molar-refractivity contribution in [1.29, 1.82) is 0 Å². The number of likely N-dealkylation sites (tertiary alicyclic amines) is 1. The van der Waals surface area contributed by atoms with Crippen LogP contribution in [0.2, 0.25) is 0 Å². The normalized spacial score (nSPS) is 22.5. The molecule has 12 heteroatoms. The van der Waals surface area contributed by atoms with Crippen LogP contribution in [0.15, 0.2) is 59.0 Å². The zero-order valence-corrected chi connectivity index (χ0v) is 24.9. The number of aliphatic hydroxyl groups is 1. The molecule has 11 nitrogen and oxygen atoms in total. The van der Waals surface area contributed by atoms with Gasteiger partial charge in [0.15, 0.2) is 5.54 Å². The molecule has 0 bridgehead atoms. The Morgan fingerprint density at radius 1 is 0.976 bits per heavy atom. The van der Waals surface area contributed by atoms with Crippen LogP contribution in [0, 0.1) is 0 Å². The second-order valence-corrected chi connectivity index (χ2v) is 13.0. The molecular weight excluding hydrogens is 560 g/mol. The Morgan fingerprint density at radius 2 is 1.64 bits per heavy atom. The molecule has 2 aromatic carbocycles. The summed E-state index contributed by atoms with van der Waals surface area (Å²) in [6.45, 7) is 5.32. The lowest BCUT2D eigenvalue weighted by molar-refractivity contribution is -0.144. The number of carbonyl (C=O) groups excluding carboxylic acids is 3. The highest BCUT2D eigenvalue weighted by Crippen LogP contribution is 2.53. The summed E-state index contributed by atoms with van der Waals surface area (Å²) in [7, 11) is -0.918. The molecule has 2 aromatic rings. The maximum Gasteiger partial charge on any atom is 0.296 e. The minimum atomic E-state index is -3.74. The highest BCUT2D eigenvalue weighted by molar-refractivity contribution is 7.89. The largest absolute Gasteiger partial charge is 0.507 e. The second-order valence-electron chi connectivity index (χ2n) is 10.8. The van der Waals surface area contributed by atoms with Gasteiger partial charge in [0.2, 0.25) is 10.0 Å². The second kappa shape index (κ2) is 11.6. The number of morpholine rings is 1. The Kier molecular flexibility index (Phi) is 8.26. The molecule has 3 heterocycles. The lowest BCUT2D eigenvalue weighted by Crippen LogP contribution is -2.54. The molecule has 1 unspecified atom stereocenters. The Balaban J connectivity index is 1.68. The van der Waals surface area contributed by atoms with Gasteiger partial charge in [-0.3, -0.25) is 19.3 Å². The summed E-state index contributed by atoms with van der Waals surface area (Å²) >= 11 is 0. The summed E-state index contributed by atoms with van der Waals surface area (Å²) in [5, 5.41) is 11.7. The number of anilines is 1. The van der Waals surface area contributed by atoms with Gasteiger partial charge in [-0.1, -0.05) is 31.5 Å². The van der Waals surface area contributed by atoms with E-state index < -0.39 is 38.9 Å². The molecule has 2 amide bonds. The van der Waals surface area contributed by atoms with Gasteiger partial charge in [-0.2, -0.15) is 0 Å². The van der Waals surface area contributed by atoms with Crippen LogP contribution in [0.1, 0.15) is 30.9 Å². The fourth-order valence-electron chi connectivity index (χ4n) is 5.91. The van der Waals surface area contributed by atoms with Crippen molar-refractivity contribution < 1.29 is 32.6 Å². The minimum Gasteiger partial charge on any atom is -0.507 e. The van der Waals surface area contributed by atoms with E-state index in [-0.39, 0.29) is 22.6 Å². The molecule has 42 heavy (non-hydrogen) atoms. The van der Waals surface area contributed by atoms with Gasteiger partial charge in [-0.25, -0.2) is 12.7 Å². The van der Waals surface area contributed by atoms with E-state index in [1.807, 2.05) is 6.92 Å². The zero-order chi connectivity index (χ0) is 30.2. The number of sulfonamides is 1. The van der Waals surface area contributed by atoms with Gasteiger partial charge in [-0.05, 0) is 36.8 Å². The molecule has 2 saturated heterocycles. The van der Waals surface area contributed by atoms with Crippen LogP contribution in [0.3, 0.4) is 0 Å². The molecule has 3 aliphatic rings. The van der Waals surface area contributed by atoms with Gasteiger partial charge < -0.3 is 19.6 Å². The van der Waals surface area contributed by atoms with Gasteiger partial charge in [0.1, 0.15) is 5.76 Å². The predicted molar refractivity (Wildman–Crippen MR) is 156 cm³/mol. The third-order valence-electron chi connectivity index (χ3n) is 8.19. The van der Waals surface area contributed by atoms with Crippen LogP contribution in [-0.4, -0.2) is 105 Å². The molecule has 0 radical (unpaired) electrons. The molecular formula is C30H36N4O7S. The minimum absolute atomic E-state index is 0.00208. The summed E-state index contributed by atoms with van der Waals surface area (Å²) in [5.41, 5.74) is -0.999. The van der Waals surface area contributed by atoms with E-state index in [4.69, 9.17) is 4.74 Å². The molecule has 5 rings (SSSR count). The molecule has 0 aliphatic carbocycles. The molecule has 3 aliphatic heterocycles. The predicted octanol–water partition coefficient (Wildman–Crippen LogP) is 1.99. The highest BCUT2D eigenvalue weighted by atomic mass is 32.2. The van der Waals surface area contributed by atoms with E-state index in [2.05, 4.69) is 4.90 Å². The fraction of sp³-hybridized carbons (Fsp3) is 0.433. The lowest BCUT2D eigenvalue weighted by Gasteiger charge is -2.36. The third kappa shape index (κ3) is 4.72. The average Bonchev–Trinajstić information content (AvgIpc) is 3.37. The Labute approximate surface area is 246 Å². The van der Waals surface area contributed by atoms with Crippen molar-refractivity contribution in [3.05, 3.63) is 65.2 Å². The zero-order valence-electron chi connectivity index (χ0n) is 24.1. The van der Waals surface area contributed by atoms with Crippen LogP contribution in [0.4, 0.5) is 5.69 Å². The number of aliphatic hydroxyl groups excluding tert-OH is 1. The van der Waals surface area contributed by atoms with E-state index in [1.165, 1.54) is 43.3 Å². The first kappa shape index (κ1) is 29.9. The Morgan fingerprint density at radius 3 is 2.29 bits per heavy atom. The summed E-state index contributed by atoms with van der Waals surface area (Å²) in [6.07, 6.45) is 1.53. The number of rotatable bonds is 9. The van der Waals surface area contributed by atoms with E-state index in [0.717, 1.165) is 10.7 Å². The Bertz CT molecular complexity index is 1530. The number of Topliss-reactive ketones (excluding diaryl/α,β-unsaturated/α-hetero) is 1. The number of para-hydroxylation sites is 1. The van der Waals surface area contributed by atoms with Gasteiger partial charge in [0.25, 0.3) is 17.6 Å². The third-order valence-corrected chi connectivity index (χ3v) is 10.0. The monoisotopic (exact) mass is 596 g/mol. The smallest absolute Gasteiger partial charge is 0.296 e. The van der Waals surface area contributed by atoms with Gasteiger partial charge in [0.05, 0.1) is 29.4 Å². The molecule has 0 saturated carbocycles. The van der Waals surface area contributed by atoms with Crippen molar-refractivity contribution in [3.63, 3.8) is 0 Å². The molecule has 0 aromatic heterocycles. The van der Waals surface area contributed by atoms with Crippen LogP contribution in [-0.2, 0) is 34.7 Å². The van der Waals surface area contributed by atoms with Crippen LogP contribution >= 0.6 is 0 Å². The first-order valence-electron chi connectivity index (χ1n) is 14.1. The number of amides is 2. The molecule has 224 valence electrons. The molecule has 1 atom stereocenters. The van der Waals surface area contributed by atoms with E-state index >= 15 is 0 Å².